The number of hydrogen-bond donors (Lipinski definition) is 0. The lowest BCUT2D eigenvalue weighted by Gasteiger charge is -2.13. The average Bonchev–Trinajstić information content (AvgIpc) is 3.06. The lowest BCUT2D eigenvalue weighted by molar-refractivity contribution is -0.123. The maximum absolute atomic E-state index is 12.8. The van der Waals surface area contributed by atoms with Gasteiger partial charge in [-0.05, 0) is 53.2 Å². The zero-order chi connectivity index (χ0) is 22.5. The number of ether oxygens (including phenoxy) is 1. The van der Waals surface area contributed by atoms with Gasteiger partial charge in [0.15, 0.2) is 0 Å². The summed E-state index contributed by atoms with van der Waals surface area (Å²) in [7, 11) is 0. The van der Waals surface area contributed by atoms with Crippen molar-refractivity contribution in [3.05, 3.63) is 105 Å². The Balaban J connectivity index is 1.49. The summed E-state index contributed by atoms with van der Waals surface area (Å²) in [6.07, 6.45) is 1.67. The smallest absolute Gasteiger partial charge is 0.293 e. The van der Waals surface area contributed by atoms with Crippen LogP contribution >= 0.6 is 23.4 Å². The number of thioether (sulfide) groups is 1. The van der Waals surface area contributed by atoms with Gasteiger partial charge in [-0.25, -0.2) is 0 Å². The van der Waals surface area contributed by atoms with Crippen molar-refractivity contribution in [2.24, 2.45) is 0 Å². The molecule has 0 aromatic heterocycles. The Morgan fingerprint density at radius 1 is 1.00 bits per heavy atom. The van der Waals surface area contributed by atoms with E-state index >= 15 is 0 Å². The third-order valence-corrected chi connectivity index (χ3v) is 6.12. The van der Waals surface area contributed by atoms with Gasteiger partial charge in [-0.15, -0.1) is 0 Å². The topological polar surface area (TPSA) is 70.4 Å². The first-order valence-electron chi connectivity index (χ1n) is 9.75. The summed E-state index contributed by atoms with van der Waals surface area (Å²) in [4.78, 5) is 26.8. The first kappa shape index (κ1) is 21.7. The Labute approximate surface area is 194 Å². The van der Waals surface area contributed by atoms with Gasteiger partial charge in [0.05, 0.1) is 23.1 Å². The summed E-state index contributed by atoms with van der Waals surface area (Å²) in [5.41, 5.74) is 2.69. The molecular weight excluding hydrogens is 444 g/mol. The van der Waals surface area contributed by atoms with E-state index in [9.17, 15) is 14.9 Å². The molecule has 0 radical (unpaired) electrons. The summed E-state index contributed by atoms with van der Waals surface area (Å²) in [5, 5.41) is 9.53. The standard InChI is InChI=1S/C25H17ClN2O3S/c26-22-11-4-3-9-20(22)16-31-21-10-5-6-17(12-21)13-23-24(29)28(25(30)32-23)15-19-8-2-1-7-18(19)14-27/h1-13H,15-16H2/b23-13+. The van der Waals surface area contributed by atoms with E-state index in [2.05, 4.69) is 6.07 Å². The van der Waals surface area contributed by atoms with E-state index in [1.54, 1.807) is 36.4 Å². The Kier molecular flexibility index (Phi) is 6.60. The molecule has 32 heavy (non-hydrogen) atoms. The predicted molar refractivity (Wildman–Crippen MR) is 125 cm³/mol. The minimum atomic E-state index is -0.380. The number of carbonyl (C=O) groups is 2. The van der Waals surface area contributed by atoms with Crippen molar-refractivity contribution in [1.29, 1.82) is 5.26 Å². The number of halogens is 1. The van der Waals surface area contributed by atoms with Crippen molar-refractivity contribution in [1.82, 2.24) is 4.90 Å². The Bertz CT molecular complexity index is 1270. The largest absolute Gasteiger partial charge is 0.489 e. The Morgan fingerprint density at radius 2 is 1.75 bits per heavy atom. The number of amides is 2. The summed E-state index contributed by atoms with van der Waals surface area (Å²) in [5.74, 6) is 0.246. The van der Waals surface area contributed by atoms with Crippen LogP contribution in [0, 0.1) is 11.3 Å². The molecule has 3 aromatic rings. The van der Waals surface area contributed by atoms with Crippen LogP contribution in [0.4, 0.5) is 4.79 Å². The van der Waals surface area contributed by atoms with Gasteiger partial charge in [-0.2, -0.15) is 5.26 Å². The number of hydrogen-bond acceptors (Lipinski definition) is 5. The monoisotopic (exact) mass is 460 g/mol. The maximum Gasteiger partial charge on any atom is 0.293 e. The van der Waals surface area contributed by atoms with E-state index in [1.165, 1.54) is 0 Å². The molecule has 0 bridgehead atoms. The molecule has 1 fully saturated rings. The van der Waals surface area contributed by atoms with E-state index < -0.39 is 0 Å². The van der Waals surface area contributed by atoms with E-state index in [-0.39, 0.29) is 17.7 Å². The van der Waals surface area contributed by atoms with E-state index in [4.69, 9.17) is 16.3 Å². The molecule has 1 heterocycles. The number of carbonyl (C=O) groups excluding carboxylic acids is 2. The van der Waals surface area contributed by atoms with Crippen LogP contribution in [0.2, 0.25) is 5.02 Å². The predicted octanol–water partition coefficient (Wildman–Crippen LogP) is 6.03. The van der Waals surface area contributed by atoms with Crippen LogP contribution in [0.3, 0.4) is 0 Å². The third kappa shape index (κ3) is 4.86. The van der Waals surface area contributed by atoms with Gasteiger partial charge in [0, 0.05) is 10.6 Å². The molecule has 0 saturated carbocycles. The maximum atomic E-state index is 12.8. The minimum Gasteiger partial charge on any atom is -0.489 e. The second-order valence-corrected chi connectivity index (χ2v) is 8.39. The van der Waals surface area contributed by atoms with E-state index in [0.29, 0.717) is 33.4 Å². The molecule has 1 saturated heterocycles. The highest BCUT2D eigenvalue weighted by Gasteiger charge is 2.35. The molecule has 0 unspecified atom stereocenters. The zero-order valence-corrected chi connectivity index (χ0v) is 18.4. The van der Waals surface area contributed by atoms with Crippen molar-refractivity contribution in [2.45, 2.75) is 13.2 Å². The number of rotatable bonds is 6. The molecule has 1 aliphatic rings. The SMILES string of the molecule is N#Cc1ccccc1CN1C(=O)S/C(=C/c2cccc(OCc3ccccc3Cl)c2)C1=O. The number of nitrogens with zero attached hydrogens (tertiary/aromatic N) is 2. The van der Waals surface area contributed by atoms with Crippen LogP contribution in [-0.2, 0) is 17.9 Å². The number of benzene rings is 3. The van der Waals surface area contributed by atoms with Crippen molar-refractivity contribution < 1.29 is 14.3 Å². The highest BCUT2D eigenvalue weighted by atomic mass is 35.5. The van der Waals surface area contributed by atoms with Gasteiger partial charge in [-0.1, -0.05) is 60.1 Å². The van der Waals surface area contributed by atoms with Gasteiger partial charge in [0.2, 0.25) is 0 Å². The molecule has 1 aliphatic heterocycles. The van der Waals surface area contributed by atoms with Gasteiger partial charge < -0.3 is 4.74 Å². The molecule has 4 rings (SSSR count). The normalized spacial score (nSPS) is 14.6. The van der Waals surface area contributed by atoms with Crippen molar-refractivity contribution in [2.75, 3.05) is 0 Å². The van der Waals surface area contributed by atoms with Crippen LogP contribution in [0.1, 0.15) is 22.3 Å². The van der Waals surface area contributed by atoms with Crippen LogP contribution in [-0.4, -0.2) is 16.0 Å². The number of imide groups is 1. The molecule has 0 N–H and O–H groups in total. The van der Waals surface area contributed by atoms with E-state index in [0.717, 1.165) is 27.8 Å². The second kappa shape index (κ2) is 9.73. The molecule has 158 valence electrons. The summed E-state index contributed by atoms with van der Waals surface area (Å²) >= 11 is 7.06. The molecular formula is C25H17ClN2O3S. The van der Waals surface area contributed by atoms with Crippen LogP contribution in [0.25, 0.3) is 6.08 Å². The van der Waals surface area contributed by atoms with Crippen molar-refractivity contribution >= 4 is 40.6 Å². The Hall–Kier alpha value is -3.53. The van der Waals surface area contributed by atoms with E-state index in [1.807, 2.05) is 42.5 Å². The van der Waals surface area contributed by atoms with Crippen LogP contribution in [0.15, 0.2) is 77.7 Å². The Morgan fingerprint density at radius 3 is 2.53 bits per heavy atom. The lowest BCUT2D eigenvalue weighted by Crippen LogP contribution is -2.27. The molecule has 0 spiro atoms. The fraction of sp³-hybridized carbons (Fsp3) is 0.0800. The molecule has 3 aromatic carbocycles. The molecule has 5 nitrogen and oxygen atoms in total. The molecule has 2 amide bonds. The quantitative estimate of drug-likeness (QED) is 0.420. The fourth-order valence-corrected chi connectivity index (χ4v) is 4.22. The van der Waals surface area contributed by atoms with Crippen LogP contribution < -0.4 is 4.74 Å². The molecule has 7 heteroatoms. The van der Waals surface area contributed by atoms with Gasteiger partial charge in [0.1, 0.15) is 12.4 Å². The molecule has 0 aliphatic carbocycles. The van der Waals surface area contributed by atoms with Crippen LogP contribution in [0.5, 0.6) is 5.75 Å². The summed E-state index contributed by atoms with van der Waals surface area (Å²) in [6.45, 7) is 0.380. The third-order valence-electron chi connectivity index (χ3n) is 4.85. The minimum absolute atomic E-state index is 0.0622. The highest BCUT2D eigenvalue weighted by molar-refractivity contribution is 8.18. The van der Waals surface area contributed by atoms with Gasteiger partial charge >= 0.3 is 0 Å². The zero-order valence-electron chi connectivity index (χ0n) is 16.8. The number of nitriles is 1. The first-order valence-corrected chi connectivity index (χ1v) is 10.9. The second-order valence-electron chi connectivity index (χ2n) is 6.99. The summed E-state index contributed by atoms with van der Waals surface area (Å²) < 4.78 is 5.84. The highest BCUT2D eigenvalue weighted by Crippen LogP contribution is 2.34. The van der Waals surface area contributed by atoms with Crippen molar-refractivity contribution in [3.63, 3.8) is 0 Å². The van der Waals surface area contributed by atoms with Gasteiger partial charge in [0.25, 0.3) is 11.1 Å². The average molecular weight is 461 g/mol. The first-order chi connectivity index (χ1) is 15.5. The fourth-order valence-electron chi connectivity index (χ4n) is 3.20. The van der Waals surface area contributed by atoms with Gasteiger partial charge in [-0.3, -0.25) is 14.5 Å². The summed E-state index contributed by atoms with van der Waals surface area (Å²) in [6, 6.07) is 23.8. The lowest BCUT2D eigenvalue weighted by atomic mass is 10.1. The molecule has 0 atom stereocenters. The van der Waals surface area contributed by atoms with Crippen molar-refractivity contribution in [3.8, 4) is 11.8 Å².